The number of benzene rings is 1. The minimum absolute atomic E-state index is 0.338. The summed E-state index contributed by atoms with van der Waals surface area (Å²) >= 11 is 4.71. The first-order valence-electron chi connectivity index (χ1n) is 4.10. The molecule has 0 nitrogen and oxygen atoms in total. The van der Waals surface area contributed by atoms with Crippen LogP contribution in [0.3, 0.4) is 0 Å². The zero-order valence-corrected chi connectivity index (χ0v) is 11.0. The molecule has 0 aliphatic heterocycles. The Balaban J connectivity index is 3.32. The molecule has 0 amide bonds. The molecule has 0 aliphatic carbocycles. The average molecular weight is 386 g/mol. The molecule has 1 aromatic carbocycles. The van der Waals surface area contributed by atoms with E-state index in [-0.39, 0.29) is 4.47 Å². The number of hydrogen-bond acceptors (Lipinski definition) is 0. The van der Waals surface area contributed by atoms with E-state index in [1.54, 1.807) is 0 Å². The van der Waals surface area contributed by atoms with E-state index < -0.39 is 28.3 Å². The monoisotopic (exact) mass is 384 g/mol. The van der Waals surface area contributed by atoms with Crippen LogP contribution in [0.15, 0.2) is 22.7 Å². The fraction of sp³-hybridized carbons (Fsp3) is 0.333. The summed E-state index contributed by atoms with van der Waals surface area (Å²) in [4.78, 5) is 0. The van der Waals surface area contributed by atoms with Gasteiger partial charge in [0.1, 0.15) is 0 Å². The van der Waals surface area contributed by atoms with Crippen molar-refractivity contribution in [3.63, 3.8) is 0 Å². The average Bonchev–Trinajstić information content (AvgIpc) is 2.15. The summed E-state index contributed by atoms with van der Waals surface area (Å²) < 4.78 is 71.8. The molecule has 0 radical (unpaired) electrons. The van der Waals surface area contributed by atoms with Gasteiger partial charge in [0, 0.05) is 10.0 Å². The van der Waals surface area contributed by atoms with Crippen LogP contribution in [-0.4, -0.2) is 6.43 Å². The topological polar surface area (TPSA) is 0 Å². The van der Waals surface area contributed by atoms with Crippen LogP contribution in [0.4, 0.5) is 26.3 Å². The van der Waals surface area contributed by atoms with Crippen LogP contribution in [0.2, 0.25) is 0 Å². The van der Waals surface area contributed by atoms with Crippen LogP contribution < -0.4 is 0 Å². The van der Waals surface area contributed by atoms with Gasteiger partial charge in [-0.1, -0.05) is 22.0 Å². The Labute approximate surface area is 109 Å². The van der Waals surface area contributed by atoms with Crippen molar-refractivity contribution in [3.05, 3.63) is 33.8 Å². The predicted molar refractivity (Wildman–Crippen MR) is 56.9 cm³/mol. The van der Waals surface area contributed by atoms with Gasteiger partial charge in [0.15, 0.2) is 0 Å². The molecular formula is C9H4Br2F6. The highest BCUT2D eigenvalue weighted by Gasteiger charge is 2.42. The summed E-state index contributed by atoms with van der Waals surface area (Å²) in [5, 5.41) is 0. The predicted octanol–water partition coefficient (Wildman–Crippen LogP) is 5.25. The van der Waals surface area contributed by atoms with Gasteiger partial charge in [0.2, 0.25) is 4.58 Å². The van der Waals surface area contributed by atoms with Gasteiger partial charge in [-0.05, 0) is 28.1 Å². The molecule has 0 heterocycles. The Kier molecular flexibility index (Phi) is 4.18. The number of rotatable bonds is 2. The lowest BCUT2D eigenvalue weighted by Gasteiger charge is -2.19. The van der Waals surface area contributed by atoms with Crippen molar-refractivity contribution in [1.29, 1.82) is 0 Å². The Morgan fingerprint density at radius 2 is 1.59 bits per heavy atom. The highest BCUT2D eigenvalue weighted by molar-refractivity contribution is 9.10. The van der Waals surface area contributed by atoms with Gasteiger partial charge in [-0.2, -0.15) is 13.2 Å². The molecule has 96 valence electrons. The maximum Gasteiger partial charge on any atom is 0.417 e. The SMILES string of the molecule is FC(F)C(F)(Br)c1ccc(Br)c(C(F)(F)F)c1. The highest BCUT2D eigenvalue weighted by atomic mass is 79.9. The molecule has 0 aromatic heterocycles. The molecule has 1 aromatic rings. The third kappa shape index (κ3) is 3.15. The fourth-order valence-electron chi connectivity index (χ4n) is 1.08. The summed E-state index contributed by atoms with van der Waals surface area (Å²) in [5.74, 6) is 0. The quantitative estimate of drug-likeness (QED) is 0.481. The fourth-order valence-corrected chi connectivity index (χ4v) is 1.79. The minimum atomic E-state index is -4.75. The Morgan fingerprint density at radius 1 is 1.06 bits per heavy atom. The van der Waals surface area contributed by atoms with Gasteiger partial charge in [-0.3, -0.25) is 0 Å². The molecule has 17 heavy (non-hydrogen) atoms. The van der Waals surface area contributed by atoms with Crippen molar-refractivity contribution in [2.24, 2.45) is 0 Å². The van der Waals surface area contributed by atoms with Gasteiger partial charge in [0.25, 0.3) is 6.43 Å². The number of halogens is 8. The van der Waals surface area contributed by atoms with Crippen molar-refractivity contribution in [1.82, 2.24) is 0 Å². The molecule has 0 fully saturated rings. The van der Waals surface area contributed by atoms with Gasteiger partial charge >= 0.3 is 6.18 Å². The van der Waals surface area contributed by atoms with Crippen molar-refractivity contribution >= 4 is 31.9 Å². The molecule has 0 bridgehead atoms. The first-order valence-corrected chi connectivity index (χ1v) is 5.68. The standard InChI is InChI=1S/C9H4Br2F6/c10-6-2-1-4(8(11,14)7(12)13)3-5(6)9(15,16)17/h1-3,7H. The molecule has 0 aliphatic rings. The Hall–Kier alpha value is -0.240. The van der Waals surface area contributed by atoms with E-state index in [1.807, 2.05) is 0 Å². The number of alkyl halides is 7. The van der Waals surface area contributed by atoms with Crippen LogP contribution in [0.1, 0.15) is 11.1 Å². The smallest absolute Gasteiger partial charge is 0.220 e. The van der Waals surface area contributed by atoms with Crippen LogP contribution in [0.5, 0.6) is 0 Å². The van der Waals surface area contributed by atoms with Crippen molar-refractivity contribution in [3.8, 4) is 0 Å². The lowest BCUT2D eigenvalue weighted by atomic mass is 10.1. The second kappa shape index (κ2) is 4.79. The van der Waals surface area contributed by atoms with Crippen LogP contribution in [0, 0.1) is 0 Å². The molecule has 0 spiro atoms. The highest BCUT2D eigenvalue weighted by Crippen LogP contribution is 2.43. The van der Waals surface area contributed by atoms with Crippen LogP contribution in [-0.2, 0) is 10.8 Å². The van der Waals surface area contributed by atoms with Crippen molar-refractivity contribution in [2.45, 2.75) is 17.2 Å². The van der Waals surface area contributed by atoms with E-state index in [2.05, 4.69) is 31.9 Å². The van der Waals surface area contributed by atoms with Crippen LogP contribution >= 0.6 is 31.9 Å². The molecule has 0 N–H and O–H groups in total. The van der Waals surface area contributed by atoms with E-state index in [0.717, 1.165) is 12.1 Å². The van der Waals surface area contributed by atoms with Crippen molar-refractivity contribution in [2.75, 3.05) is 0 Å². The van der Waals surface area contributed by atoms with Crippen LogP contribution in [0.25, 0.3) is 0 Å². The Bertz CT molecular complexity index is 412. The number of hydrogen-bond donors (Lipinski definition) is 0. The molecule has 8 heteroatoms. The second-order valence-corrected chi connectivity index (χ2v) is 5.12. The van der Waals surface area contributed by atoms with E-state index in [1.165, 1.54) is 0 Å². The van der Waals surface area contributed by atoms with E-state index in [4.69, 9.17) is 0 Å². The van der Waals surface area contributed by atoms with E-state index >= 15 is 0 Å². The first-order chi connectivity index (χ1) is 7.56. The zero-order valence-electron chi connectivity index (χ0n) is 7.83. The first kappa shape index (κ1) is 14.8. The molecular weight excluding hydrogens is 382 g/mol. The summed E-state index contributed by atoms with van der Waals surface area (Å²) in [6, 6.07) is 2.06. The summed E-state index contributed by atoms with van der Waals surface area (Å²) in [5.41, 5.74) is -2.00. The third-order valence-electron chi connectivity index (χ3n) is 1.93. The molecule has 1 rings (SSSR count). The lowest BCUT2D eigenvalue weighted by Crippen LogP contribution is -2.22. The molecule has 0 saturated heterocycles. The Morgan fingerprint density at radius 3 is 2.00 bits per heavy atom. The molecule has 1 unspecified atom stereocenters. The normalized spacial score (nSPS) is 16.1. The van der Waals surface area contributed by atoms with Gasteiger partial charge in [-0.25, -0.2) is 13.2 Å². The van der Waals surface area contributed by atoms with Gasteiger partial charge < -0.3 is 0 Å². The summed E-state index contributed by atoms with van der Waals surface area (Å²) in [7, 11) is 0. The molecule has 1 atom stereocenters. The largest absolute Gasteiger partial charge is 0.417 e. The zero-order chi connectivity index (χ0) is 13.4. The lowest BCUT2D eigenvalue weighted by molar-refractivity contribution is -0.138. The van der Waals surface area contributed by atoms with Crippen molar-refractivity contribution < 1.29 is 26.3 Å². The molecule has 0 saturated carbocycles. The maximum absolute atomic E-state index is 13.4. The second-order valence-electron chi connectivity index (χ2n) is 3.12. The van der Waals surface area contributed by atoms with Gasteiger partial charge in [-0.15, -0.1) is 0 Å². The minimum Gasteiger partial charge on any atom is -0.220 e. The maximum atomic E-state index is 13.4. The third-order valence-corrected chi connectivity index (χ3v) is 3.43. The summed E-state index contributed by atoms with van der Waals surface area (Å²) in [6.45, 7) is 0. The summed E-state index contributed by atoms with van der Waals surface area (Å²) in [6.07, 6.45) is -8.23. The van der Waals surface area contributed by atoms with E-state index in [0.29, 0.717) is 6.07 Å². The van der Waals surface area contributed by atoms with Gasteiger partial charge in [0.05, 0.1) is 5.56 Å². The van der Waals surface area contributed by atoms with E-state index in [9.17, 15) is 26.3 Å².